The molecule has 0 spiro atoms. The van der Waals surface area contributed by atoms with E-state index in [9.17, 15) is 9.18 Å². The number of halogens is 1. The third kappa shape index (κ3) is 3.36. The van der Waals surface area contributed by atoms with Crippen molar-refractivity contribution >= 4 is 11.8 Å². The van der Waals surface area contributed by atoms with Gasteiger partial charge in [-0.2, -0.15) is 5.10 Å². The minimum absolute atomic E-state index is 0.0946. The molecule has 122 valence electrons. The summed E-state index contributed by atoms with van der Waals surface area (Å²) in [4.78, 5) is 14.1. The van der Waals surface area contributed by atoms with Crippen LogP contribution in [0, 0.1) is 12.7 Å². The Kier molecular flexibility index (Phi) is 4.32. The standard InChI is InChI=1S/C17H21FN4O/c1-12-11-14(18)3-4-15(12)13-6-9-22(10-7-13)17(23)20-16-5-8-19-21(16)2/h3-5,8,11,13H,6-7,9-10H2,1-2H3,(H,20,23). The number of aromatic nitrogens is 2. The molecular formula is C17H21FN4O. The number of hydrogen-bond acceptors (Lipinski definition) is 2. The molecule has 0 aliphatic carbocycles. The highest BCUT2D eigenvalue weighted by Crippen LogP contribution is 2.30. The van der Waals surface area contributed by atoms with Gasteiger partial charge in [-0.25, -0.2) is 9.18 Å². The Bertz CT molecular complexity index is 704. The van der Waals surface area contributed by atoms with Crippen molar-refractivity contribution < 1.29 is 9.18 Å². The molecule has 0 bridgehead atoms. The first-order valence-electron chi connectivity index (χ1n) is 7.84. The van der Waals surface area contributed by atoms with Crippen molar-refractivity contribution in [3.05, 3.63) is 47.4 Å². The van der Waals surface area contributed by atoms with E-state index in [1.165, 1.54) is 11.6 Å². The van der Waals surface area contributed by atoms with E-state index < -0.39 is 0 Å². The third-order valence-corrected chi connectivity index (χ3v) is 4.51. The second kappa shape index (κ2) is 6.40. The fourth-order valence-electron chi connectivity index (χ4n) is 3.18. The molecule has 5 nitrogen and oxygen atoms in total. The molecule has 2 aromatic rings. The van der Waals surface area contributed by atoms with Gasteiger partial charge in [0.2, 0.25) is 0 Å². The predicted molar refractivity (Wildman–Crippen MR) is 86.9 cm³/mol. The van der Waals surface area contributed by atoms with Crippen LogP contribution in [0.5, 0.6) is 0 Å². The van der Waals surface area contributed by atoms with Crippen LogP contribution in [-0.2, 0) is 7.05 Å². The van der Waals surface area contributed by atoms with Crippen LogP contribution >= 0.6 is 0 Å². The van der Waals surface area contributed by atoms with E-state index in [4.69, 9.17) is 0 Å². The van der Waals surface area contributed by atoms with E-state index in [-0.39, 0.29) is 11.8 Å². The minimum Gasteiger partial charge on any atom is -0.324 e. The first-order valence-corrected chi connectivity index (χ1v) is 7.84. The molecule has 23 heavy (non-hydrogen) atoms. The van der Waals surface area contributed by atoms with Gasteiger partial charge in [0.1, 0.15) is 11.6 Å². The van der Waals surface area contributed by atoms with Crippen molar-refractivity contribution in [2.24, 2.45) is 7.05 Å². The van der Waals surface area contributed by atoms with Gasteiger partial charge in [-0.15, -0.1) is 0 Å². The Labute approximate surface area is 135 Å². The minimum atomic E-state index is -0.195. The van der Waals surface area contributed by atoms with E-state index in [1.54, 1.807) is 30.1 Å². The summed E-state index contributed by atoms with van der Waals surface area (Å²) in [6, 6.07) is 6.65. The Morgan fingerprint density at radius 3 is 2.65 bits per heavy atom. The summed E-state index contributed by atoms with van der Waals surface area (Å²) in [7, 11) is 1.79. The highest BCUT2D eigenvalue weighted by molar-refractivity contribution is 5.88. The van der Waals surface area contributed by atoms with Gasteiger partial charge in [-0.3, -0.25) is 10.00 Å². The topological polar surface area (TPSA) is 50.2 Å². The van der Waals surface area contributed by atoms with Crippen molar-refractivity contribution in [2.75, 3.05) is 18.4 Å². The van der Waals surface area contributed by atoms with Gasteiger partial charge < -0.3 is 4.90 Å². The molecule has 0 radical (unpaired) electrons. The van der Waals surface area contributed by atoms with Crippen LogP contribution in [0.25, 0.3) is 0 Å². The number of urea groups is 1. The van der Waals surface area contributed by atoms with Gasteiger partial charge in [-0.05, 0) is 48.9 Å². The number of piperidine rings is 1. The molecule has 1 fully saturated rings. The molecule has 0 atom stereocenters. The van der Waals surface area contributed by atoms with E-state index in [2.05, 4.69) is 10.4 Å². The number of likely N-dealkylation sites (tertiary alicyclic amines) is 1. The highest BCUT2D eigenvalue weighted by Gasteiger charge is 2.25. The normalized spacial score (nSPS) is 15.7. The maximum absolute atomic E-state index is 13.2. The fourth-order valence-corrected chi connectivity index (χ4v) is 3.18. The second-order valence-electron chi connectivity index (χ2n) is 6.03. The van der Waals surface area contributed by atoms with Crippen molar-refractivity contribution in [3.8, 4) is 0 Å². The number of aryl methyl sites for hydroxylation is 2. The predicted octanol–water partition coefficient (Wildman–Crippen LogP) is 3.28. The van der Waals surface area contributed by atoms with E-state index in [0.717, 1.165) is 18.4 Å². The maximum Gasteiger partial charge on any atom is 0.322 e. The summed E-state index contributed by atoms with van der Waals surface area (Å²) >= 11 is 0. The zero-order chi connectivity index (χ0) is 16.4. The number of carbonyl (C=O) groups excluding carboxylic acids is 1. The number of carbonyl (C=O) groups is 1. The zero-order valence-electron chi connectivity index (χ0n) is 13.4. The molecular weight excluding hydrogens is 295 g/mol. The molecule has 0 saturated carbocycles. The molecule has 0 unspecified atom stereocenters. The number of rotatable bonds is 2. The summed E-state index contributed by atoms with van der Waals surface area (Å²) in [5.74, 6) is 0.877. The first-order chi connectivity index (χ1) is 11.0. The second-order valence-corrected chi connectivity index (χ2v) is 6.03. The Morgan fingerprint density at radius 1 is 1.30 bits per heavy atom. The fraction of sp³-hybridized carbons (Fsp3) is 0.412. The number of benzene rings is 1. The van der Waals surface area contributed by atoms with Gasteiger partial charge >= 0.3 is 6.03 Å². The Morgan fingerprint density at radius 2 is 2.04 bits per heavy atom. The summed E-state index contributed by atoms with van der Waals surface area (Å²) in [6.45, 7) is 3.34. The summed E-state index contributed by atoms with van der Waals surface area (Å²) in [6.07, 6.45) is 3.44. The van der Waals surface area contributed by atoms with Crippen LogP contribution in [0.2, 0.25) is 0 Å². The quantitative estimate of drug-likeness (QED) is 0.924. The largest absolute Gasteiger partial charge is 0.324 e. The first kappa shape index (κ1) is 15.5. The number of anilines is 1. The summed E-state index contributed by atoms with van der Waals surface area (Å²) in [5.41, 5.74) is 2.18. The van der Waals surface area contributed by atoms with Crippen molar-refractivity contribution in [1.82, 2.24) is 14.7 Å². The number of amides is 2. The smallest absolute Gasteiger partial charge is 0.322 e. The summed E-state index contributed by atoms with van der Waals surface area (Å²) < 4.78 is 14.9. The molecule has 2 amide bonds. The molecule has 1 aromatic carbocycles. The molecule has 2 heterocycles. The molecule has 1 N–H and O–H groups in total. The number of nitrogens with zero attached hydrogens (tertiary/aromatic N) is 3. The van der Waals surface area contributed by atoms with Crippen LogP contribution < -0.4 is 5.32 Å². The Balaban J connectivity index is 1.60. The summed E-state index contributed by atoms with van der Waals surface area (Å²) in [5, 5.41) is 6.91. The van der Waals surface area contributed by atoms with Crippen molar-refractivity contribution in [3.63, 3.8) is 0 Å². The molecule has 3 rings (SSSR count). The lowest BCUT2D eigenvalue weighted by Gasteiger charge is -2.32. The molecule has 1 aliphatic heterocycles. The van der Waals surface area contributed by atoms with Gasteiger partial charge in [0.05, 0.1) is 6.20 Å². The van der Waals surface area contributed by atoms with E-state index >= 15 is 0 Å². The zero-order valence-corrected chi connectivity index (χ0v) is 13.4. The van der Waals surface area contributed by atoms with E-state index in [0.29, 0.717) is 24.8 Å². The molecule has 6 heteroatoms. The number of hydrogen-bond donors (Lipinski definition) is 1. The van der Waals surface area contributed by atoms with Gasteiger partial charge in [0, 0.05) is 26.2 Å². The van der Waals surface area contributed by atoms with Crippen LogP contribution in [-0.4, -0.2) is 33.8 Å². The van der Waals surface area contributed by atoms with E-state index in [1.807, 2.05) is 17.9 Å². The van der Waals surface area contributed by atoms with Crippen LogP contribution in [0.4, 0.5) is 15.0 Å². The van der Waals surface area contributed by atoms with Crippen LogP contribution in [0.1, 0.15) is 29.9 Å². The number of nitrogens with one attached hydrogen (secondary N) is 1. The average molecular weight is 316 g/mol. The van der Waals surface area contributed by atoms with Gasteiger partial charge in [0.25, 0.3) is 0 Å². The Hall–Kier alpha value is -2.37. The monoisotopic (exact) mass is 316 g/mol. The third-order valence-electron chi connectivity index (χ3n) is 4.51. The van der Waals surface area contributed by atoms with Gasteiger partial charge in [-0.1, -0.05) is 6.07 Å². The van der Waals surface area contributed by atoms with Crippen molar-refractivity contribution in [2.45, 2.75) is 25.7 Å². The lowest BCUT2D eigenvalue weighted by atomic mass is 9.87. The van der Waals surface area contributed by atoms with Crippen molar-refractivity contribution in [1.29, 1.82) is 0 Å². The molecule has 1 aliphatic rings. The van der Waals surface area contributed by atoms with Crippen LogP contribution in [0.3, 0.4) is 0 Å². The average Bonchev–Trinajstić information content (AvgIpc) is 2.93. The highest BCUT2D eigenvalue weighted by atomic mass is 19.1. The molecule has 1 aromatic heterocycles. The lowest BCUT2D eigenvalue weighted by Crippen LogP contribution is -2.41. The van der Waals surface area contributed by atoms with Gasteiger partial charge in [0.15, 0.2) is 0 Å². The SMILES string of the molecule is Cc1cc(F)ccc1C1CCN(C(=O)Nc2ccnn2C)CC1. The lowest BCUT2D eigenvalue weighted by molar-refractivity contribution is 0.194. The molecule has 1 saturated heterocycles. The maximum atomic E-state index is 13.2. The van der Waals surface area contributed by atoms with Crippen LogP contribution in [0.15, 0.2) is 30.5 Å².